The lowest BCUT2D eigenvalue weighted by molar-refractivity contribution is -0.379. The fourth-order valence-electron chi connectivity index (χ4n) is 12.9. The second-order valence-electron chi connectivity index (χ2n) is 28.1. The number of carbonyl (C=O) groups excluding carboxylic acids is 1. The molecule has 3 rings (SSSR count). The van der Waals surface area contributed by atoms with Gasteiger partial charge in [-0.1, -0.05) is 297 Å². The Bertz CT molecular complexity index is 2270. The number of ether oxygens (including phenoxy) is 6. The molecule has 1 amide bonds. The van der Waals surface area contributed by atoms with Crippen molar-refractivity contribution < 1.29 is 89.4 Å². The number of aliphatic hydroxyl groups excluding tert-OH is 11. The van der Waals surface area contributed by atoms with Gasteiger partial charge in [-0.25, -0.2) is 0 Å². The molecule has 3 fully saturated rings. The second-order valence-corrected chi connectivity index (χ2v) is 28.1. The monoisotopic (exact) mass is 1440 g/mol. The summed E-state index contributed by atoms with van der Waals surface area (Å²) in [6, 6.07) is -0.991. The first-order chi connectivity index (χ1) is 49.8. The minimum atomic E-state index is -1.99. The third-order valence-corrected chi connectivity index (χ3v) is 19.3. The summed E-state index contributed by atoms with van der Waals surface area (Å²) in [6.45, 7) is 1.63. The van der Waals surface area contributed by atoms with E-state index in [9.17, 15) is 61.0 Å². The van der Waals surface area contributed by atoms with Crippen molar-refractivity contribution in [3.05, 3.63) is 109 Å². The second kappa shape index (κ2) is 62.5. The third kappa shape index (κ3) is 42.1. The van der Waals surface area contributed by atoms with Crippen LogP contribution in [0.5, 0.6) is 0 Å². The lowest BCUT2D eigenvalue weighted by Gasteiger charge is -2.48. The molecule has 0 aromatic heterocycles. The molecule has 0 aromatic rings. The standard InChI is InChI=1S/C83H143NO18/c1-3-5-7-9-11-13-15-17-19-21-23-25-27-29-31-32-33-34-35-37-39-41-43-45-47-49-51-53-55-57-59-61-71(89)84-66(67(88)60-58-56-54-52-50-48-46-44-42-40-38-36-30-28-26-24-22-20-18-16-14-12-10-8-6-4-2)65-97-81-77(95)74(92)79(69(63-86)99-81)102-83-78(96)75(93)80(70(64-87)100-83)101-82-76(94)73(91)72(90)68(62-85)98-82/h5,7,11,13,17,19,23,25,29,31,33-34,37,39,43,45,58,60,66-70,72-83,85-88,90-96H,3-4,6,8-10,12,14-16,18,20-22,24,26-28,30,32,35-36,38,40-42,44,46-57,59,61-65H2,1-2H3,(H,84,89)/b7-5-,13-11-,19-17-,25-23-,31-29-,34-33-,39-37-,45-43-,60-58+. The summed E-state index contributed by atoms with van der Waals surface area (Å²) < 4.78 is 34.4. The summed E-state index contributed by atoms with van der Waals surface area (Å²) in [7, 11) is 0. The number of hydrogen-bond donors (Lipinski definition) is 12. The normalized spacial score (nSPS) is 26.8. The zero-order valence-corrected chi connectivity index (χ0v) is 62.8. The van der Waals surface area contributed by atoms with Gasteiger partial charge in [0.25, 0.3) is 0 Å². The fraction of sp³-hybridized carbons (Fsp3) is 0.771. The van der Waals surface area contributed by atoms with Crippen LogP contribution in [-0.2, 0) is 33.2 Å². The molecule has 19 heteroatoms. The summed E-state index contributed by atoms with van der Waals surface area (Å²) >= 11 is 0. The van der Waals surface area contributed by atoms with Crippen molar-refractivity contribution in [2.45, 2.75) is 381 Å². The highest BCUT2D eigenvalue weighted by Gasteiger charge is 2.54. The smallest absolute Gasteiger partial charge is 0.220 e. The van der Waals surface area contributed by atoms with E-state index in [4.69, 9.17) is 28.4 Å². The molecule has 0 radical (unpaired) electrons. The van der Waals surface area contributed by atoms with E-state index in [1.807, 2.05) is 6.08 Å². The van der Waals surface area contributed by atoms with Gasteiger partial charge in [-0.3, -0.25) is 4.79 Å². The predicted octanol–water partition coefficient (Wildman–Crippen LogP) is 13.3. The zero-order valence-electron chi connectivity index (χ0n) is 62.8. The molecule has 3 aliphatic heterocycles. The van der Waals surface area contributed by atoms with Gasteiger partial charge in [-0.2, -0.15) is 0 Å². The predicted molar refractivity (Wildman–Crippen MR) is 406 cm³/mol. The maximum absolute atomic E-state index is 13.5. The Morgan fingerprint density at radius 2 is 0.676 bits per heavy atom. The SMILES string of the molecule is CC/C=C\C/C=C\C/C=C\C/C=C\C/C=C\C/C=C\C/C=C\C/C=C\CCCCCCCCC(=O)NC(COC1OC(CO)C(OC2OC(CO)C(OC3OC(CO)C(O)C(O)C3O)C(O)C2O)C(O)C1O)C(O)/C=C/CCCCCCCCCCCCCCCCCCCCCCCCCC. The molecule has 12 N–H and O–H groups in total. The summed E-state index contributed by atoms with van der Waals surface area (Å²) in [4.78, 5) is 13.5. The van der Waals surface area contributed by atoms with Crippen molar-refractivity contribution in [3.8, 4) is 0 Å². The molecular formula is C83H143NO18. The molecule has 3 aliphatic rings. The average Bonchev–Trinajstić information content (AvgIpc) is 0.781. The maximum atomic E-state index is 13.5. The lowest BCUT2D eigenvalue weighted by atomic mass is 9.96. The van der Waals surface area contributed by atoms with Gasteiger partial charge in [0.2, 0.25) is 5.91 Å². The number of aliphatic hydroxyl groups is 11. The summed E-state index contributed by atoms with van der Waals surface area (Å²) in [6.07, 6.45) is 59.1. The number of hydrogen-bond acceptors (Lipinski definition) is 18. The van der Waals surface area contributed by atoms with E-state index in [0.29, 0.717) is 6.42 Å². The fourth-order valence-corrected chi connectivity index (χ4v) is 12.9. The Morgan fingerprint density at radius 3 is 1.06 bits per heavy atom. The number of amides is 1. The van der Waals surface area contributed by atoms with E-state index in [-0.39, 0.29) is 18.9 Å². The molecule has 0 aromatic carbocycles. The van der Waals surface area contributed by atoms with E-state index in [1.54, 1.807) is 6.08 Å². The lowest BCUT2D eigenvalue weighted by Crippen LogP contribution is -2.66. The highest BCUT2D eigenvalue weighted by Crippen LogP contribution is 2.33. The van der Waals surface area contributed by atoms with Gasteiger partial charge in [-0.15, -0.1) is 0 Å². The van der Waals surface area contributed by atoms with Crippen LogP contribution >= 0.6 is 0 Å². The number of carbonyl (C=O) groups is 1. The quantitative estimate of drug-likeness (QED) is 0.0199. The molecule has 17 unspecified atom stereocenters. The molecule has 17 atom stereocenters. The molecule has 19 nitrogen and oxygen atoms in total. The van der Waals surface area contributed by atoms with Gasteiger partial charge in [0, 0.05) is 6.42 Å². The Morgan fingerprint density at radius 1 is 0.363 bits per heavy atom. The van der Waals surface area contributed by atoms with Crippen molar-refractivity contribution in [1.29, 1.82) is 0 Å². The van der Waals surface area contributed by atoms with E-state index < -0.39 is 124 Å². The van der Waals surface area contributed by atoms with Crippen LogP contribution in [-0.4, -0.2) is 193 Å². The summed E-state index contributed by atoms with van der Waals surface area (Å²) in [5.74, 6) is -0.292. The highest BCUT2D eigenvalue weighted by molar-refractivity contribution is 5.76. The van der Waals surface area contributed by atoms with E-state index >= 15 is 0 Å². The molecule has 0 saturated carbocycles. The number of allylic oxidation sites excluding steroid dienone is 17. The van der Waals surface area contributed by atoms with Crippen LogP contribution in [0.3, 0.4) is 0 Å². The maximum Gasteiger partial charge on any atom is 0.220 e. The molecule has 0 aliphatic carbocycles. The minimum absolute atomic E-state index is 0.219. The van der Waals surface area contributed by atoms with E-state index in [2.05, 4.69) is 116 Å². The summed E-state index contributed by atoms with van der Waals surface area (Å²) in [5, 5.41) is 121. The minimum Gasteiger partial charge on any atom is -0.394 e. The first-order valence-electron chi connectivity index (χ1n) is 40.1. The number of rotatable bonds is 62. The van der Waals surface area contributed by atoms with Crippen molar-refractivity contribution >= 4 is 5.91 Å². The number of unbranched alkanes of at least 4 members (excludes halogenated alkanes) is 30. The van der Waals surface area contributed by atoms with Gasteiger partial charge in [-0.05, 0) is 83.5 Å². The van der Waals surface area contributed by atoms with Gasteiger partial charge in [0.1, 0.15) is 73.2 Å². The molecular weight excluding hydrogens is 1300 g/mol. The van der Waals surface area contributed by atoms with E-state index in [0.717, 1.165) is 116 Å². The molecule has 0 bridgehead atoms. The van der Waals surface area contributed by atoms with Crippen molar-refractivity contribution in [1.82, 2.24) is 5.32 Å². The molecule has 0 spiro atoms. The van der Waals surface area contributed by atoms with Crippen molar-refractivity contribution in [2.75, 3.05) is 26.4 Å². The first-order valence-corrected chi connectivity index (χ1v) is 40.1. The summed E-state index contributed by atoms with van der Waals surface area (Å²) in [5.41, 5.74) is 0. The van der Waals surface area contributed by atoms with Crippen LogP contribution in [0.1, 0.15) is 277 Å². The van der Waals surface area contributed by atoms with Crippen LogP contribution in [0.15, 0.2) is 109 Å². The van der Waals surface area contributed by atoms with Crippen LogP contribution in [0.4, 0.5) is 0 Å². The van der Waals surface area contributed by atoms with Gasteiger partial charge >= 0.3 is 0 Å². The Labute approximate surface area is 615 Å². The first kappa shape index (κ1) is 92.7. The molecule has 3 heterocycles. The van der Waals surface area contributed by atoms with Gasteiger partial charge < -0.3 is 89.9 Å². The van der Waals surface area contributed by atoms with Gasteiger partial charge in [0.15, 0.2) is 18.9 Å². The van der Waals surface area contributed by atoms with Crippen molar-refractivity contribution in [2.24, 2.45) is 0 Å². The van der Waals surface area contributed by atoms with Crippen LogP contribution in [0.2, 0.25) is 0 Å². The van der Waals surface area contributed by atoms with Crippen LogP contribution in [0.25, 0.3) is 0 Å². The number of nitrogens with one attached hydrogen (secondary N) is 1. The Balaban J connectivity index is 1.40. The molecule has 588 valence electrons. The largest absolute Gasteiger partial charge is 0.394 e. The molecule has 102 heavy (non-hydrogen) atoms. The highest BCUT2D eigenvalue weighted by atomic mass is 16.8. The zero-order chi connectivity index (χ0) is 73.9. The van der Waals surface area contributed by atoms with Crippen molar-refractivity contribution in [3.63, 3.8) is 0 Å². The average molecular weight is 1440 g/mol. The molecule has 3 saturated heterocycles. The topological polar surface area (TPSA) is 307 Å². The Hall–Kier alpha value is -3.55. The Kier molecular flexibility index (Phi) is 56.8. The van der Waals surface area contributed by atoms with E-state index in [1.165, 1.54) is 135 Å². The van der Waals surface area contributed by atoms with Crippen LogP contribution in [0, 0.1) is 0 Å². The van der Waals surface area contributed by atoms with Crippen LogP contribution < -0.4 is 5.32 Å². The third-order valence-electron chi connectivity index (χ3n) is 19.3. The van der Waals surface area contributed by atoms with Gasteiger partial charge in [0.05, 0.1) is 38.6 Å².